The first-order chi connectivity index (χ1) is 11.1. The first-order valence-corrected chi connectivity index (χ1v) is 7.15. The van der Waals surface area contributed by atoms with E-state index < -0.39 is 11.6 Å². The number of nitrogens with one attached hydrogen (secondary N) is 3. The number of rotatable bonds is 3. The van der Waals surface area contributed by atoms with Crippen molar-refractivity contribution in [2.24, 2.45) is 5.10 Å². The molecule has 3 aromatic rings. The second-order valence-electron chi connectivity index (χ2n) is 4.73. The predicted molar refractivity (Wildman–Crippen MR) is 91.6 cm³/mol. The SMILES string of the molecule is Fc1ccc(NC(=S)N/N=C/c2cccc3[nH]ccc23)c(F)c1. The summed E-state index contributed by atoms with van der Waals surface area (Å²) < 4.78 is 26.3. The Morgan fingerprint density at radius 3 is 2.87 bits per heavy atom. The van der Waals surface area contributed by atoms with Crippen molar-refractivity contribution in [1.82, 2.24) is 10.4 Å². The second kappa shape index (κ2) is 6.53. The van der Waals surface area contributed by atoms with Gasteiger partial charge in [0.15, 0.2) is 5.11 Å². The van der Waals surface area contributed by atoms with Crippen molar-refractivity contribution in [2.75, 3.05) is 5.32 Å². The third-order valence-electron chi connectivity index (χ3n) is 3.18. The van der Waals surface area contributed by atoms with Crippen LogP contribution in [0.3, 0.4) is 0 Å². The molecule has 0 spiro atoms. The molecule has 3 rings (SSSR count). The maximum Gasteiger partial charge on any atom is 0.191 e. The van der Waals surface area contributed by atoms with Gasteiger partial charge in [0.1, 0.15) is 11.6 Å². The lowest BCUT2D eigenvalue weighted by molar-refractivity contribution is 0.586. The van der Waals surface area contributed by atoms with Crippen LogP contribution in [0.4, 0.5) is 14.5 Å². The molecule has 1 heterocycles. The van der Waals surface area contributed by atoms with Crippen LogP contribution in [0.5, 0.6) is 0 Å². The zero-order valence-corrected chi connectivity index (χ0v) is 12.6. The summed E-state index contributed by atoms with van der Waals surface area (Å²) in [6.07, 6.45) is 3.46. The zero-order chi connectivity index (χ0) is 16.2. The van der Waals surface area contributed by atoms with E-state index in [1.807, 2.05) is 30.5 Å². The van der Waals surface area contributed by atoms with Gasteiger partial charge in [-0.3, -0.25) is 5.43 Å². The molecule has 0 aliphatic heterocycles. The molecule has 23 heavy (non-hydrogen) atoms. The lowest BCUT2D eigenvalue weighted by Gasteiger charge is -2.07. The fraction of sp³-hybridized carbons (Fsp3) is 0. The van der Waals surface area contributed by atoms with Gasteiger partial charge in [0.05, 0.1) is 11.9 Å². The number of fused-ring (bicyclic) bond motifs is 1. The van der Waals surface area contributed by atoms with Crippen molar-refractivity contribution in [3.05, 3.63) is 65.9 Å². The van der Waals surface area contributed by atoms with E-state index in [0.717, 1.165) is 28.6 Å². The standard InChI is InChI=1S/C16H12F2N4S/c17-11-4-5-15(13(18)8-11)21-16(23)22-20-9-10-2-1-3-14-12(10)6-7-19-14/h1-9,19H,(H2,21,22,23)/b20-9+. The monoisotopic (exact) mass is 330 g/mol. The topological polar surface area (TPSA) is 52.2 Å². The van der Waals surface area contributed by atoms with E-state index in [1.165, 1.54) is 6.07 Å². The largest absolute Gasteiger partial charge is 0.361 e. The van der Waals surface area contributed by atoms with Crippen LogP contribution in [0.1, 0.15) is 5.56 Å². The molecule has 0 amide bonds. The highest BCUT2D eigenvalue weighted by atomic mass is 32.1. The Morgan fingerprint density at radius 1 is 1.17 bits per heavy atom. The summed E-state index contributed by atoms with van der Waals surface area (Å²) in [5, 5.41) is 7.77. The number of aromatic nitrogens is 1. The van der Waals surface area contributed by atoms with Crippen molar-refractivity contribution in [3.8, 4) is 0 Å². The van der Waals surface area contributed by atoms with E-state index in [1.54, 1.807) is 6.21 Å². The van der Waals surface area contributed by atoms with E-state index in [-0.39, 0.29) is 10.8 Å². The summed E-state index contributed by atoms with van der Waals surface area (Å²) in [5.74, 6) is -1.38. The average Bonchev–Trinajstić information content (AvgIpc) is 2.99. The van der Waals surface area contributed by atoms with E-state index >= 15 is 0 Å². The molecule has 0 saturated heterocycles. The normalized spacial score (nSPS) is 11.0. The number of aromatic amines is 1. The minimum Gasteiger partial charge on any atom is -0.361 e. The number of nitrogens with zero attached hydrogens (tertiary/aromatic N) is 1. The number of thiocarbonyl (C=S) groups is 1. The highest BCUT2D eigenvalue weighted by molar-refractivity contribution is 7.80. The average molecular weight is 330 g/mol. The second-order valence-corrected chi connectivity index (χ2v) is 5.14. The Kier molecular flexibility index (Phi) is 4.29. The van der Waals surface area contributed by atoms with Crippen LogP contribution in [0.15, 0.2) is 53.8 Å². The molecule has 0 fully saturated rings. The first kappa shape index (κ1) is 15.1. The molecule has 0 aliphatic rings. The van der Waals surface area contributed by atoms with E-state index in [2.05, 4.69) is 20.8 Å². The van der Waals surface area contributed by atoms with Crippen LogP contribution in [0.2, 0.25) is 0 Å². The predicted octanol–water partition coefficient (Wildman–Crippen LogP) is 3.77. The first-order valence-electron chi connectivity index (χ1n) is 6.75. The molecule has 0 unspecified atom stereocenters. The van der Waals surface area contributed by atoms with Gasteiger partial charge in [-0.25, -0.2) is 8.78 Å². The molecule has 0 aliphatic carbocycles. The van der Waals surface area contributed by atoms with Crippen molar-refractivity contribution < 1.29 is 8.78 Å². The molecule has 4 nitrogen and oxygen atoms in total. The molecular formula is C16H12F2N4S. The summed E-state index contributed by atoms with van der Waals surface area (Å²) in [6.45, 7) is 0. The number of halogens is 2. The molecule has 1 aromatic heterocycles. The van der Waals surface area contributed by atoms with Crippen LogP contribution < -0.4 is 10.7 Å². The number of benzene rings is 2. The highest BCUT2D eigenvalue weighted by Crippen LogP contribution is 2.16. The van der Waals surface area contributed by atoms with Crippen LogP contribution in [0, 0.1) is 11.6 Å². The summed E-state index contributed by atoms with van der Waals surface area (Å²) in [4.78, 5) is 3.11. The molecule has 116 valence electrons. The van der Waals surface area contributed by atoms with Gasteiger partial charge in [0, 0.05) is 28.7 Å². The Morgan fingerprint density at radius 2 is 2.04 bits per heavy atom. The Labute approximate surface area is 136 Å². The summed E-state index contributed by atoms with van der Waals surface area (Å²) >= 11 is 5.02. The quantitative estimate of drug-likeness (QED) is 0.389. The van der Waals surface area contributed by atoms with Crippen LogP contribution >= 0.6 is 12.2 Å². The van der Waals surface area contributed by atoms with Crippen LogP contribution in [-0.4, -0.2) is 16.3 Å². The molecule has 3 N–H and O–H groups in total. The van der Waals surface area contributed by atoms with Gasteiger partial charge in [-0.2, -0.15) is 5.10 Å². The Bertz CT molecular complexity index is 889. The Hall–Kier alpha value is -2.80. The third kappa shape index (κ3) is 3.51. The summed E-state index contributed by atoms with van der Waals surface area (Å²) in [6, 6.07) is 10.9. The lowest BCUT2D eigenvalue weighted by atomic mass is 10.1. The van der Waals surface area contributed by atoms with Gasteiger partial charge in [0.2, 0.25) is 0 Å². The number of hydrogen-bond donors (Lipinski definition) is 3. The highest BCUT2D eigenvalue weighted by Gasteiger charge is 2.05. The van der Waals surface area contributed by atoms with E-state index in [9.17, 15) is 8.78 Å². The summed E-state index contributed by atoms with van der Waals surface area (Å²) in [7, 11) is 0. The lowest BCUT2D eigenvalue weighted by Crippen LogP contribution is -2.24. The van der Waals surface area contributed by atoms with Gasteiger partial charge in [-0.1, -0.05) is 12.1 Å². The molecule has 7 heteroatoms. The van der Waals surface area contributed by atoms with Crippen LogP contribution in [0.25, 0.3) is 10.9 Å². The smallest absolute Gasteiger partial charge is 0.191 e. The van der Waals surface area contributed by atoms with Crippen molar-refractivity contribution in [3.63, 3.8) is 0 Å². The molecule has 2 aromatic carbocycles. The van der Waals surface area contributed by atoms with Crippen molar-refractivity contribution >= 4 is 40.1 Å². The zero-order valence-electron chi connectivity index (χ0n) is 11.8. The van der Waals surface area contributed by atoms with Gasteiger partial charge in [-0.15, -0.1) is 0 Å². The fourth-order valence-electron chi connectivity index (χ4n) is 2.12. The van der Waals surface area contributed by atoms with Gasteiger partial charge >= 0.3 is 0 Å². The van der Waals surface area contributed by atoms with Gasteiger partial charge in [-0.05, 0) is 36.5 Å². The minimum absolute atomic E-state index is 0.0758. The molecule has 0 atom stereocenters. The van der Waals surface area contributed by atoms with E-state index in [4.69, 9.17) is 12.2 Å². The fourth-order valence-corrected chi connectivity index (χ4v) is 2.29. The number of hydrogen-bond acceptors (Lipinski definition) is 2. The minimum atomic E-state index is -0.727. The summed E-state index contributed by atoms with van der Waals surface area (Å²) in [5.41, 5.74) is 4.59. The molecule has 0 radical (unpaired) electrons. The van der Waals surface area contributed by atoms with Crippen LogP contribution in [-0.2, 0) is 0 Å². The van der Waals surface area contributed by atoms with Crippen molar-refractivity contribution in [2.45, 2.75) is 0 Å². The molecular weight excluding hydrogens is 318 g/mol. The van der Waals surface area contributed by atoms with Gasteiger partial charge in [0.25, 0.3) is 0 Å². The Balaban J connectivity index is 1.65. The molecule has 0 bridgehead atoms. The number of H-pyrrole nitrogens is 1. The van der Waals surface area contributed by atoms with Gasteiger partial charge < -0.3 is 10.3 Å². The van der Waals surface area contributed by atoms with E-state index in [0.29, 0.717) is 0 Å². The van der Waals surface area contributed by atoms with Crippen molar-refractivity contribution in [1.29, 1.82) is 0 Å². The maximum absolute atomic E-state index is 13.5. The maximum atomic E-state index is 13.5. The molecule has 0 saturated carbocycles. The number of hydrazone groups is 1. The third-order valence-corrected chi connectivity index (χ3v) is 3.37. The number of anilines is 1.